The number of ether oxygens (including phenoxy) is 1. The molecule has 0 saturated carbocycles. The van der Waals surface area contributed by atoms with Gasteiger partial charge >= 0.3 is 6.09 Å². The van der Waals surface area contributed by atoms with Crippen LogP contribution in [0.25, 0.3) is 0 Å². The average molecular weight is 355 g/mol. The Balaban J connectivity index is 2.63. The Kier molecular flexibility index (Phi) is 5.77. The van der Waals surface area contributed by atoms with Gasteiger partial charge in [-0.15, -0.1) is 0 Å². The van der Waals surface area contributed by atoms with Gasteiger partial charge in [-0.3, -0.25) is 4.79 Å². The van der Waals surface area contributed by atoms with E-state index in [1.807, 2.05) is 0 Å². The number of rotatable bonds is 5. The first-order valence-electron chi connectivity index (χ1n) is 7.25. The van der Waals surface area contributed by atoms with Crippen molar-refractivity contribution in [1.82, 2.24) is 4.90 Å². The molecule has 0 N–H and O–H groups in total. The van der Waals surface area contributed by atoms with Gasteiger partial charge in [0.05, 0.1) is 12.3 Å². The van der Waals surface area contributed by atoms with Gasteiger partial charge in [0.1, 0.15) is 21.2 Å². The summed E-state index contributed by atoms with van der Waals surface area (Å²) >= 11 is 0. The maximum absolute atomic E-state index is 14.0. The first kappa shape index (κ1) is 19.8. The quantitative estimate of drug-likeness (QED) is 0.752. The number of hydrogen-bond donors (Lipinski definition) is 0. The molecule has 1 aliphatic rings. The Morgan fingerprint density at radius 1 is 1.30 bits per heavy atom. The summed E-state index contributed by atoms with van der Waals surface area (Å²) in [5.74, 6) is -5.43. The second-order valence-electron chi connectivity index (χ2n) is 6.94. The molecule has 23 heavy (non-hydrogen) atoms. The fourth-order valence-electron chi connectivity index (χ4n) is 2.20. The number of halogens is 2. The molecule has 9 heteroatoms. The number of carbonyl (C=O) groups is 2. The molecular weight excluding hydrogens is 332 g/mol. The normalized spacial score (nSPS) is 21.3. The number of nitrogens with zero attached hydrogens (tertiary/aromatic N) is 1. The van der Waals surface area contributed by atoms with Crippen LogP contribution in [0.3, 0.4) is 0 Å². The van der Waals surface area contributed by atoms with Gasteiger partial charge in [0.2, 0.25) is 0 Å². The van der Waals surface area contributed by atoms with Crippen molar-refractivity contribution in [1.29, 1.82) is 0 Å². The molecule has 0 aromatic rings. The number of carbonyl (C=O) groups excluding carboxylic acids is 2. The Morgan fingerprint density at radius 2 is 1.87 bits per heavy atom. The summed E-state index contributed by atoms with van der Waals surface area (Å²) in [6.45, 7) is 3.81. The lowest BCUT2D eigenvalue weighted by molar-refractivity contribution is -0.122. The van der Waals surface area contributed by atoms with E-state index >= 15 is 0 Å². The van der Waals surface area contributed by atoms with E-state index < -0.39 is 52.1 Å². The molecule has 1 amide bonds. The second kappa shape index (κ2) is 6.70. The van der Waals surface area contributed by atoms with E-state index in [2.05, 4.69) is 0 Å². The van der Waals surface area contributed by atoms with E-state index in [4.69, 9.17) is 4.74 Å². The van der Waals surface area contributed by atoms with E-state index in [0.717, 1.165) is 11.2 Å². The second-order valence-corrected chi connectivity index (χ2v) is 9.20. The van der Waals surface area contributed by atoms with Gasteiger partial charge in [-0.1, -0.05) is 0 Å². The molecule has 134 valence electrons. The number of ketones is 1. The highest BCUT2D eigenvalue weighted by Gasteiger charge is 2.50. The molecule has 0 spiro atoms. The van der Waals surface area contributed by atoms with Crippen molar-refractivity contribution in [2.24, 2.45) is 5.92 Å². The molecule has 1 unspecified atom stereocenters. The van der Waals surface area contributed by atoms with Crippen molar-refractivity contribution in [3.63, 3.8) is 0 Å². The van der Waals surface area contributed by atoms with E-state index in [1.54, 1.807) is 20.8 Å². The van der Waals surface area contributed by atoms with Crippen LogP contribution in [-0.2, 0) is 19.4 Å². The van der Waals surface area contributed by atoms with Crippen LogP contribution >= 0.6 is 0 Å². The van der Waals surface area contributed by atoms with Crippen LogP contribution < -0.4 is 0 Å². The smallest absolute Gasteiger partial charge is 0.410 e. The molecule has 1 fully saturated rings. The highest BCUT2D eigenvalue weighted by Crippen LogP contribution is 2.36. The van der Waals surface area contributed by atoms with Crippen LogP contribution in [-0.4, -0.2) is 61.8 Å². The summed E-state index contributed by atoms with van der Waals surface area (Å²) in [5, 5.41) is 0. The van der Waals surface area contributed by atoms with Crippen molar-refractivity contribution in [2.45, 2.75) is 45.1 Å². The van der Waals surface area contributed by atoms with Crippen molar-refractivity contribution in [3.05, 3.63) is 0 Å². The summed E-state index contributed by atoms with van der Waals surface area (Å²) in [6, 6.07) is 0. The molecular formula is C14H23F2NO5S. The summed E-state index contributed by atoms with van der Waals surface area (Å²) in [6.07, 6.45) is -0.614. The summed E-state index contributed by atoms with van der Waals surface area (Å²) in [4.78, 5) is 24.4. The highest BCUT2D eigenvalue weighted by molar-refractivity contribution is 7.90. The van der Waals surface area contributed by atoms with Crippen LogP contribution in [0.5, 0.6) is 0 Å². The predicted molar refractivity (Wildman–Crippen MR) is 80.2 cm³/mol. The molecule has 6 nitrogen and oxygen atoms in total. The van der Waals surface area contributed by atoms with E-state index in [-0.39, 0.29) is 18.7 Å². The number of sulfone groups is 1. The molecule has 1 heterocycles. The van der Waals surface area contributed by atoms with Crippen molar-refractivity contribution in [2.75, 3.05) is 25.1 Å². The van der Waals surface area contributed by atoms with Gasteiger partial charge in [0.25, 0.3) is 5.92 Å². The number of hydrogen-bond acceptors (Lipinski definition) is 5. The standard InChI is InChI=1S/C14H23F2NO5S/c1-13(2,3)22-12(19)17-8-10(14(15,16)9-17)7-11(18)5-6-23(4,20)21/h10H,5-9H2,1-4H3. The van der Waals surface area contributed by atoms with Gasteiger partial charge in [-0.25, -0.2) is 22.0 Å². The summed E-state index contributed by atoms with van der Waals surface area (Å²) in [7, 11) is -3.32. The first-order valence-corrected chi connectivity index (χ1v) is 9.31. The molecule has 1 atom stereocenters. The van der Waals surface area contributed by atoms with Crippen molar-refractivity contribution >= 4 is 21.7 Å². The van der Waals surface area contributed by atoms with Crippen molar-refractivity contribution in [3.8, 4) is 0 Å². The average Bonchev–Trinajstić information content (AvgIpc) is 2.60. The predicted octanol–water partition coefficient (Wildman–Crippen LogP) is 1.88. The van der Waals surface area contributed by atoms with Crippen LogP contribution in [0.4, 0.5) is 13.6 Å². The third-order valence-electron chi connectivity index (χ3n) is 3.32. The van der Waals surface area contributed by atoms with Gasteiger partial charge in [0, 0.05) is 31.6 Å². The molecule has 1 aliphatic heterocycles. The van der Waals surface area contributed by atoms with E-state index in [0.29, 0.717) is 0 Å². The van der Waals surface area contributed by atoms with Gasteiger partial charge in [-0.2, -0.15) is 0 Å². The molecule has 0 radical (unpaired) electrons. The number of likely N-dealkylation sites (tertiary alicyclic amines) is 1. The summed E-state index contributed by atoms with van der Waals surface area (Å²) < 4.78 is 55.0. The SMILES string of the molecule is CC(C)(C)OC(=O)N1CC(CC(=O)CCS(C)(=O)=O)C(F)(F)C1. The maximum Gasteiger partial charge on any atom is 0.410 e. The largest absolute Gasteiger partial charge is 0.444 e. The minimum atomic E-state index is -3.32. The Hall–Kier alpha value is -1.25. The minimum Gasteiger partial charge on any atom is -0.444 e. The Bertz CT molecular complexity index is 568. The zero-order chi connectivity index (χ0) is 18.1. The topological polar surface area (TPSA) is 80.8 Å². The van der Waals surface area contributed by atoms with Crippen LogP contribution in [0.1, 0.15) is 33.6 Å². The summed E-state index contributed by atoms with van der Waals surface area (Å²) in [5.41, 5.74) is -0.796. The third-order valence-corrected chi connectivity index (χ3v) is 4.26. The monoisotopic (exact) mass is 355 g/mol. The molecule has 0 aromatic heterocycles. The van der Waals surface area contributed by atoms with Crippen LogP contribution in [0.2, 0.25) is 0 Å². The van der Waals surface area contributed by atoms with Gasteiger partial charge < -0.3 is 9.64 Å². The number of Topliss-reactive ketones (excluding diaryl/α,β-unsaturated/α-hetero) is 1. The van der Waals surface area contributed by atoms with Crippen LogP contribution in [0.15, 0.2) is 0 Å². The number of amides is 1. The lowest BCUT2D eigenvalue weighted by Gasteiger charge is -2.24. The number of alkyl halides is 2. The molecule has 0 aromatic carbocycles. The minimum absolute atomic E-state index is 0.285. The Morgan fingerprint density at radius 3 is 2.35 bits per heavy atom. The highest BCUT2D eigenvalue weighted by atomic mass is 32.2. The van der Waals surface area contributed by atoms with Crippen LogP contribution in [0, 0.1) is 5.92 Å². The zero-order valence-electron chi connectivity index (χ0n) is 13.8. The fraction of sp³-hybridized carbons (Fsp3) is 0.857. The molecule has 1 rings (SSSR count). The zero-order valence-corrected chi connectivity index (χ0v) is 14.6. The molecule has 0 bridgehead atoms. The van der Waals surface area contributed by atoms with Crippen molar-refractivity contribution < 1.29 is 31.5 Å². The van der Waals surface area contributed by atoms with E-state index in [1.165, 1.54) is 0 Å². The maximum atomic E-state index is 14.0. The van der Waals surface area contributed by atoms with Gasteiger partial charge in [0.15, 0.2) is 0 Å². The molecule has 0 aliphatic carbocycles. The Labute approximate surface area is 135 Å². The third kappa shape index (κ3) is 6.80. The van der Waals surface area contributed by atoms with E-state index in [9.17, 15) is 26.8 Å². The fourth-order valence-corrected chi connectivity index (χ4v) is 2.80. The molecule has 1 saturated heterocycles. The lowest BCUT2D eigenvalue weighted by atomic mass is 9.97. The first-order chi connectivity index (χ1) is 10.2. The van der Waals surface area contributed by atoms with Gasteiger partial charge in [-0.05, 0) is 20.8 Å². The lowest BCUT2D eigenvalue weighted by Crippen LogP contribution is -2.36.